The van der Waals surface area contributed by atoms with Crippen LogP contribution in [0.15, 0.2) is 194 Å². The van der Waals surface area contributed by atoms with Crippen LogP contribution in [0.4, 0.5) is 0 Å². The summed E-state index contributed by atoms with van der Waals surface area (Å²) in [6, 6.07) is 66.8. The van der Waals surface area contributed by atoms with Crippen molar-refractivity contribution in [3.63, 3.8) is 0 Å². The van der Waals surface area contributed by atoms with Crippen LogP contribution in [-0.2, 0) is 6.42 Å². The predicted molar refractivity (Wildman–Crippen MR) is 258 cm³/mol. The van der Waals surface area contributed by atoms with Crippen molar-refractivity contribution in [2.75, 3.05) is 0 Å². The number of hydrogen-bond acceptors (Lipinski definition) is 5. The molecule has 0 aliphatic heterocycles. The fraction of sp³-hybridized carbons (Fsp3) is 0.0357. The summed E-state index contributed by atoms with van der Waals surface area (Å²) in [7, 11) is 0. The van der Waals surface area contributed by atoms with Crippen molar-refractivity contribution in [1.82, 2.24) is 24.5 Å². The van der Waals surface area contributed by atoms with Crippen LogP contribution >= 0.6 is 11.3 Å². The van der Waals surface area contributed by atoms with Gasteiger partial charge in [-0.15, -0.1) is 11.3 Å². The van der Waals surface area contributed by atoms with Crippen LogP contribution in [0.5, 0.6) is 0 Å². The van der Waals surface area contributed by atoms with Crippen LogP contribution in [0, 0.1) is 6.92 Å². The molecule has 0 unspecified atom stereocenters. The van der Waals surface area contributed by atoms with Crippen LogP contribution in [0.2, 0.25) is 0 Å². The molecule has 0 bridgehead atoms. The first-order chi connectivity index (χ1) is 30.7. The summed E-state index contributed by atoms with van der Waals surface area (Å²) in [6.45, 7) is 2.21. The largest absolute Gasteiger partial charge is 0.276 e. The summed E-state index contributed by atoms with van der Waals surface area (Å²) in [5, 5.41) is 5.80. The Hall–Kier alpha value is -7.80. The molecule has 0 aliphatic carbocycles. The summed E-state index contributed by atoms with van der Waals surface area (Å²) in [5.74, 6) is 1.81. The van der Waals surface area contributed by atoms with Gasteiger partial charge in [0.2, 0.25) is 5.95 Å². The van der Waals surface area contributed by atoms with Gasteiger partial charge in [0, 0.05) is 33.5 Å². The van der Waals surface area contributed by atoms with E-state index in [1.807, 2.05) is 48.7 Å². The maximum atomic E-state index is 5.32. The number of fused-ring (bicyclic) bond motifs is 10. The number of nitrogens with zero attached hydrogens (tertiary/aromatic N) is 5. The van der Waals surface area contributed by atoms with Crippen LogP contribution in [-0.4, -0.2) is 24.5 Å². The van der Waals surface area contributed by atoms with E-state index in [9.17, 15) is 0 Å². The topological polar surface area (TPSA) is 56.5 Å². The lowest BCUT2D eigenvalue weighted by molar-refractivity contribution is 0.955. The van der Waals surface area contributed by atoms with Gasteiger partial charge in [0.05, 0.1) is 25.9 Å². The van der Waals surface area contributed by atoms with E-state index >= 15 is 0 Å². The first kappa shape index (κ1) is 36.1. The minimum absolute atomic E-state index is 0.569. The van der Waals surface area contributed by atoms with E-state index in [-0.39, 0.29) is 0 Å². The molecule has 0 aliphatic rings. The lowest BCUT2D eigenvalue weighted by Gasteiger charge is -2.15. The first-order valence-corrected chi connectivity index (χ1v) is 21.7. The monoisotopic (exact) mass is 811 g/mol. The Morgan fingerprint density at radius 1 is 0.500 bits per heavy atom. The number of pyridine rings is 1. The van der Waals surface area contributed by atoms with Crippen LogP contribution < -0.4 is 0 Å². The third-order valence-corrected chi connectivity index (χ3v) is 13.2. The van der Waals surface area contributed by atoms with Gasteiger partial charge < -0.3 is 0 Å². The fourth-order valence-corrected chi connectivity index (χ4v) is 10.4. The number of rotatable bonds is 7. The molecular weight excluding hydrogens is 775 g/mol. The van der Waals surface area contributed by atoms with E-state index in [0.717, 1.165) is 65.4 Å². The van der Waals surface area contributed by atoms with E-state index < -0.39 is 0 Å². The molecular formula is C56H37N5S. The summed E-state index contributed by atoms with van der Waals surface area (Å²) in [5.41, 5.74) is 13.6. The zero-order valence-electron chi connectivity index (χ0n) is 33.8. The minimum atomic E-state index is 0.569. The second kappa shape index (κ2) is 14.7. The second-order valence-electron chi connectivity index (χ2n) is 15.9. The van der Waals surface area contributed by atoms with Gasteiger partial charge in [-0.1, -0.05) is 158 Å². The summed E-state index contributed by atoms with van der Waals surface area (Å²) in [4.78, 5) is 20.7. The number of aryl methyl sites for hydroxylation is 1. The molecule has 292 valence electrons. The quantitative estimate of drug-likeness (QED) is 0.161. The molecule has 6 heteroatoms. The van der Waals surface area contributed by atoms with Crippen molar-refractivity contribution >= 4 is 64.2 Å². The normalized spacial score (nSPS) is 11.7. The molecule has 0 saturated heterocycles. The number of benzene rings is 8. The van der Waals surface area contributed by atoms with Gasteiger partial charge in [0.15, 0.2) is 11.6 Å². The molecule has 0 saturated carbocycles. The van der Waals surface area contributed by atoms with Crippen LogP contribution in [0.25, 0.3) is 104 Å². The van der Waals surface area contributed by atoms with Crippen molar-refractivity contribution in [3.8, 4) is 51.0 Å². The number of aromatic nitrogens is 5. The molecule has 0 radical (unpaired) electrons. The maximum Gasteiger partial charge on any atom is 0.238 e. The predicted octanol–water partition coefficient (Wildman–Crippen LogP) is 14.5. The highest BCUT2D eigenvalue weighted by Gasteiger charge is 2.25. The summed E-state index contributed by atoms with van der Waals surface area (Å²) >= 11 is 1.78. The van der Waals surface area contributed by atoms with E-state index in [2.05, 4.69) is 157 Å². The molecule has 12 rings (SSSR count). The van der Waals surface area contributed by atoms with Crippen LogP contribution in [0.3, 0.4) is 0 Å². The van der Waals surface area contributed by atoms with Crippen LogP contribution in [0.1, 0.15) is 16.7 Å². The minimum Gasteiger partial charge on any atom is -0.276 e. The van der Waals surface area contributed by atoms with Gasteiger partial charge in [0.1, 0.15) is 0 Å². The van der Waals surface area contributed by atoms with Crippen molar-refractivity contribution < 1.29 is 0 Å². The Balaban J connectivity index is 1.17. The van der Waals surface area contributed by atoms with Crippen molar-refractivity contribution in [2.24, 2.45) is 0 Å². The first-order valence-electron chi connectivity index (χ1n) is 20.9. The van der Waals surface area contributed by atoms with E-state index in [0.29, 0.717) is 17.6 Å². The Labute approximate surface area is 362 Å². The third kappa shape index (κ3) is 5.99. The van der Waals surface area contributed by atoms with E-state index in [4.69, 9.17) is 19.9 Å². The number of hydrogen-bond donors (Lipinski definition) is 0. The van der Waals surface area contributed by atoms with Gasteiger partial charge >= 0.3 is 0 Å². The molecule has 12 aromatic rings. The Kier molecular flexibility index (Phi) is 8.57. The zero-order valence-corrected chi connectivity index (χ0v) is 34.6. The summed E-state index contributed by atoms with van der Waals surface area (Å²) in [6.07, 6.45) is 2.75. The Morgan fingerprint density at radius 3 is 1.85 bits per heavy atom. The third-order valence-electron chi connectivity index (χ3n) is 12.1. The smallest absolute Gasteiger partial charge is 0.238 e. The molecule has 0 spiro atoms. The number of thiophene rings is 1. The van der Waals surface area contributed by atoms with Crippen molar-refractivity contribution in [2.45, 2.75) is 13.3 Å². The van der Waals surface area contributed by atoms with Crippen molar-refractivity contribution in [1.29, 1.82) is 0 Å². The van der Waals surface area contributed by atoms with E-state index in [1.165, 1.54) is 44.0 Å². The molecule has 4 heterocycles. The van der Waals surface area contributed by atoms with Crippen molar-refractivity contribution in [3.05, 3.63) is 211 Å². The fourth-order valence-electron chi connectivity index (χ4n) is 9.18. The average Bonchev–Trinajstić information content (AvgIpc) is 3.90. The molecule has 4 aromatic heterocycles. The molecule has 5 nitrogen and oxygen atoms in total. The van der Waals surface area contributed by atoms with Gasteiger partial charge in [-0.25, -0.2) is 4.98 Å². The molecule has 0 N–H and O–H groups in total. The standard InChI is InChI=1S/C56H37N5S/c1-35-16-11-12-23-42(35)45-33-39(27-28-41(45)32-36-17-5-2-6-18-36)40-29-30-47-46(34-40)49-43-24-13-14-25-44(43)50-51-48(26-15-31-57-51)62-53(50)52(49)61(47)56-59-54(37-19-7-3-8-20-37)58-55(60-56)38-21-9-4-10-22-38/h2-31,33-34H,32H2,1H3. The van der Waals surface area contributed by atoms with Gasteiger partial charge in [0.25, 0.3) is 0 Å². The summed E-state index contributed by atoms with van der Waals surface area (Å²) < 4.78 is 4.57. The molecule has 0 atom stereocenters. The molecule has 8 aromatic carbocycles. The lowest BCUT2D eigenvalue weighted by Crippen LogP contribution is -2.06. The highest BCUT2D eigenvalue weighted by atomic mass is 32.1. The second-order valence-corrected chi connectivity index (χ2v) is 16.9. The molecule has 62 heavy (non-hydrogen) atoms. The highest BCUT2D eigenvalue weighted by molar-refractivity contribution is 7.26. The highest BCUT2D eigenvalue weighted by Crippen LogP contribution is 2.48. The Bertz CT molecular complexity index is 3610. The van der Waals surface area contributed by atoms with Gasteiger partial charge in [-0.2, -0.15) is 9.97 Å². The zero-order chi connectivity index (χ0) is 41.1. The SMILES string of the molecule is Cc1ccccc1-c1cc(-c2ccc3c(c2)c2c4ccccc4c4c5ncccc5sc4c2n3-c2nc(-c3ccccc3)nc(-c3ccccc3)n2)ccc1Cc1ccccc1. The van der Waals surface area contributed by atoms with Gasteiger partial charge in [-0.3, -0.25) is 9.55 Å². The Morgan fingerprint density at radius 2 is 1.13 bits per heavy atom. The lowest BCUT2D eigenvalue weighted by atomic mass is 9.89. The maximum absolute atomic E-state index is 5.32. The molecule has 0 fully saturated rings. The average molecular weight is 812 g/mol. The molecule has 0 amide bonds. The van der Waals surface area contributed by atoms with E-state index in [1.54, 1.807) is 11.3 Å². The van der Waals surface area contributed by atoms with Gasteiger partial charge in [-0.05, 0) is 93.4 Å².